The van der Waals surface area contributed by atoms with Gasteiger partial charge in [0.05, 0.1) is 52.1 Å². The van der Waals surface area contributed by atoms with Crippen LogP contribution in [0.15, 0.2) is 46.6 Å². The number of rotatable bonds is 10. The molecule has 2 aromatic heterocycles. The van der Waals surface area contributed by atoms with Crippen LogP contribution < -0.4 is 0 Å². The summed E-state index contributed by atoms with van der Waals surface area (Å²) >= 11 is 1.73. The van der Waals surface area contributed by atoms with Crippen LogP contribution in [0.1, 0.15) is 25.1 Å². The number of hydrogen-bond acceptors (Lipinski definition) is 6. The molecule has 2 heterocycles. The summed E-state index contributed by atoms with van der Waals surface area (Å²) < 4.78 is 23.9. The number of ether oxygens (including phenoxy) is 2. The number of aromatic nitrogens is 3. The van der Waals surface area contributed by atoms with E-state index in [1.54, 1.807) is 25.1 Å². The Labute approximate surface area is 178 Å². The molecule has 156 valence electrons. The van der Waals surface area contributed by atoms with Crippen molar-refractivity contribution in [1.29, 1.82) is 0 Å². The Hall–Kier alpha value is -1.74. The third kappa shape index (κ3) is 5.88. The van der Waals surface area contributed by atoms with Gasteiger partial charge in [-0.1, -0.05) is 12.1 Å². The molecule has 0 aliphatic heterocycles. The molecule has 0 aliphatic rings. The quantitative estimate of drug-likeness (QED) is 0.485. The number of fused-ring (bicyclic) bond motifs is 1. The van der Waals surface area contributed by atoms with E-state index in [0.717, 1.165) is 32.9 Å². The van der Waals surface area contributed by atoms with Crippen molar-refractivity contribution in [3.8, 4) is 0 Å². The number of nitrogens with zero attached hydrogens (tertiary/aromatic N) is 2. The molecule has 6 nitrogen and oxygen atoms in total. The number of benzene rings is 1. The van der Waals surface area contributed by atoms with Crippen molar-refractivity contribution in [2.24, 2.45) is 0 Å². The maximum absolute atomic E-state index is 12.8. The van der Waals surface area contributed by atoms with Gasteiger partial charge in [0, 0.05) is 24.0 Å². The summed E-state index contributed by atoms with van der Waals surface area (Å²) in [5.74, 6) is 1.16. The fourth-order valence-corrected chi connectivity index (χ4v) is 4.82. The van der Waals surface area contributed by atoms with Gasteiger partial charge in [0.2, 0.25) is 0 Å². The van der Waals surface area contributed by atoms with Gasteiger partial charge < -0.3 is 14.5 Å². The number of pyridine rings is 1. The predicted octanol–water partition coefficient (Wildman–Crippen LogP) is 4.11. The molecule has 0 saturated carbocycles. The molecule has 0 amide bonds. The van der Waals surface area contributed by atoms with Crippen LogP contribution in [0.25, 0.3) is 11.0 Å². The molecule has 29 heavy (non-hydrogen) atoms. The lowest BCUT2D eigenvalue weighted by molar-refractivity contribution is -0.00531. The van der Waals surface area contributed by atoms with Crippen molar-refractivity contribution < 1.29 is 13.7 Å². The molecule has 0 radical (unpaired) electrons. The zero-order chi connectivity index (χ0) is 20.8. The molecule has 0 bridgehead atoms. The van der Waals surface area contributed by atoms with Crippen LogP contribution >= 0.6 is 11.8 Å². The highest BCUT2D eigenvalue weighted by atomic mass is 32.2. The number of nitrogens with one attached hydrogen (secondary N) is 1. The van der Waals surface area contributed by atoms with Crippen molar-refractivity contribution in [2.75, 3.05) is 19.5 Å². The average Bonchev–Trinajstić information content (AvgIpc) is 3.17. The SMILES string of the molecule is COC(C)COC(C)CSc1ccnc(CS(=O)c2nc3ccccc3[nH]2)c1C. The zero-order valence-electron chi connectivity index (χ0n) is 17.2. The van der Waals surface area contributed by atoms with Crippen molar-refractivity contribution in [2.45, 2.75) is 48.8 Å². The second-order valence-electron chi connectivity index (χ2n) is 6.93. The first-order valence-electron chi connectivity index (χ1n) is 9.52. The van der Waals surface area contributed by atoms with E-state index in [1.807, 2.05) is 44.2 Å². The van der Waals surface area contributed by atoms with Crippen LogP contribution in [-0.2, 0) is 26.0 Å². The third-order valence-corrected chi connectivity index (χ3v) is 7.15. The molecule has 0 saturated heterocycles. The molecule has 1 N–H and O–H groups in total. The lowest BCUT2D eigenvalue weighted by Gasteiger charge is -2.17. The molecule has 0 fully saturated rings. The predicted molar refractivity (Wildman–Crippen MR) is 118 cm³/mol. The Morgan fingerprint density at radius 2 is 2.00 bits per heavy atom. The topological polar surface area (TPSA) is 77.1 Å². The minimum absolute atomic E-state index is 0.0879. The molecule has 3 atom stereocenters. The molecule has 1 aromatic carbocycles. The van der Waals surface area contributed by atoms with E-state index >= 15 is 0 Å². The summed E-state index contributed by atoms with van der Waals surface area (Å²) in [7, 11) is 0.400. The van der Waals surface area contributed by atoms with Crippen LogP contribution in [0, 0.1) is 6.92 Å². The molecular weight excluding hydrogens is 406 g/mol. The number of thioether (sulfide) groups is 1. The number of para-hydroxylation sites is 2. The second-order valence-corrected chi connectivity index (χ2v) is 9.36. The van der Waals surface area contributed by atoms with Crippen LogP contribution in [0.5, 0.6) is 0 Å². The summed E-state index contributed by atoms with van der Waals surface area (Å²) in [6.45, 7) is 6.65. The van der Waals surface area contributed by atoms with E-state index in [0.29, 0.717) is 17.5 Å². The highest BCUT2D eigenvalue weighted by Crippen LogP contribution is 2.26. The van der Waals surface area contributed by atoms with E-state index in [-0.39, 0.29) is 12.2 Å². The molecular formula is C21H27N3O3S2. The van der Waals surface area contributed by atoms with E-state index < -0.39 is 10.8 Å². The third-order valence-electron chi connectivity index (χ3n) is 4.60. The van der Waals surface area contributed by atoms with Gasteiger partial charge in [-0.25, -0.2) is 4.98 Å². The second kappa shape index (κ2) is 10.3. The van der Waals surface area contributed by atoms with Crippen LogP contribution in [-0.4, -0.2) is 50.8 Å². The van der Waals surface area contributed by atoms with Gasteiger partial charge in [-0.2, -0.15) is 0 Å². The van der Waals surface area contributed by atoms with Crippen LogP contribution in [0.3, 0.4) is 0 Å². The number of hydrogen-bond donors (Lipinski definition) is 1. The zero-order valence-corrected chi connectivity index (χ0v) is 18.8. The van der Waals surface area contributed by atoms with Gasteiger partial charge >= 0.3 is 0 Å². The maximum Gasteiger partial charge on any atom is 0.197 e. The molecule has 8 heteroatoms. The largest absolute Gasteiger partial charge is 0.379 e. The summed E-state index contributed by atoms with van der Waals surface area (Å²) in [6, 6.07) is 9.69. The fraction of sp³-hybridized carbons (Fsp3) is 0.429. The summed E-state index contributed by atoms with van der Waals surface area (Å²) in [5.41, 5.74) is 3.60. The Bertz CT molecular complexity index is 944. The van der Waals surface area contributed by atoms with Crippen molar-refractivity contribution in [3.05, 3.63) is 47.8 Å². The standard InChI is InChI=1S/C21H27N3O3S2/c1-14(26-4)11-27-15(2)12-28-20-9-10-22-19(16(20)3)13-29(25)21-23-17-7-5-6-8-18(17)24-21/h5-10,14-15H,11-13H2,1-4H3,(H,23,24). The average molecular weight is 434 g/mol. The lowest BCUT2D eigenvalue weighted by Crippen LogP contribution is -2.20. The van der Waals surface area contributed by atoms with Gasteiger partial charge in [-0.15, -0.1) is 11.8 Å². The normalized spacial score (nSPS) is 14.8. The minimum atomic E-state index is -1.28. The van der Waals surface area contributed by atoms with E-state index in [4.69, 9.17) is 9.47 Å². The number of H-pyrrole nitrogens is 1. The summed E-state index contributed by atoms with van der Waals surface area (Å²) in [4.78, 5) is 13.2. The first kappa shape index (κ1) is 22.0. The Morgan fingerprint density at radius 3 is 2.76 bits per heavy atom. The summed E-state index contributed by atoms with van der Waals surface area (Å²) in [6.07, 6.45) is 1.97. The van der Waals surface area contributed by atoms with Crippen LogP contribution in [0.2, 0.25) is 0 Å². The summed E-state index contributed by atoms with van der Waals surface area (Å²) in [5, 5.41) is 0.486. The van der Waals surface area contributed by atoms with Crippen molar-refractivity contribution in [3.63, 3.8) is 0 Å². The number of methoxy groups -OCH3 is 1. The monoisotopic (exact) mass is 433 g/mol. The van der Waals surface area contributed by atoms with Gasteiger partial charge in [-0.3, -0.25) is 9.19 Å². The first-order chi connectivity index (χ1) is 14.0. The molecule has 0 spiro atoms. The van der Waals surface area contributed by atoms with E-state index in [9.17, 15) is 4.21 Å². The van der Waals surface area contributed by atoms with Gasteiger partial charge in [-0.05, 0) is 44.5 Å². The number of aromatic amines is 1. The Balaban J connectivity index is 1.63. The lowest BCUT2D eigenvalue weighted by atomic mass is 10.2. The molecule has 3 aromatic rings. The fourth-order valence-electron chi connectivity index (χ4n) is 2.71. The van der Waals surface area contributed by atoms with Gasteiger partial charge in [0.1, 0.15) is 0 Å². The minimum Gasteiger partial charge on any atom is -0.379 e. The van der Waals surface area contributed by atoms with E-state index in [1.165, 1.54) is 0 Å². The maximum atomic E-state index is 12.8. The van der Waals surface area contributed by atoms with Crippen molar-refractivity contribution >= 4 is 33.6 Å². The van der Waals surface area contributed by atoms with Crippen molar-refractivity contribution in [1.82, 2.24) is 15.0 Å². The Kier molecular flexibility index (Phi) is 7.83. The Morgan fingerprint density at radius 1 is 1.21 bits per heavy atom. The van der Waals surface area contributed by atoms with Gasteiger partial charge in [0.25, 0.3) is 0 Å². The highest BCUT2D eigenvalue weighted by molar-refractivity contribution is 7.99. The van der Waals surface area contributed by atoms with E-state index in [2.05, 4.69) is 21.9 Å². The molecule has 3 rings (SSSR count). The molecule has 0 aliphatic carbocycles. The molecule has 3 unspecified atom stereocenters. The first-order valence-corrected chi connectivity index (χ1v) is 11.8. The number of imidazole rings is 1. The van der Waals surface area contributed by atoms with Crippen LogP contribution in [0.4, 0.5) is 0 Å². The highest BCUT2D eigenvalue weighted by Gasteiger charge is 2.15. The van der Waals surface area contributed by atoms with Gasteiger partial charge in [0.15, 0.2) is 5.16 Å². The smallest absolute Gasteiger partial charge is 0.197 e.